The molecule has 0 spiro atoms. The molecule has 0 radical (unpaired) electrons. The van der Waals surface area contributed by atoms with Crippen molar-refractivity contribution in [3.05, 3.63) is 28.5 Å². The third kappa shape index (κ3) is 2.59. The average molecular weight is 338 g/mol. The van der Waals surface area contributed by atoms with Crippen molar-refractivity contribution >= 4 is 26.0 Å². The molecule has 1 aromatic rings. The van der Waals surface area contributed by atoms with Crippen molar-refractivity contribution in [3.8, 4) is 0 Å². The zero-order valence-corrected chi connectivity index (χ0v) is 12.2. The maximum absolute atomic E-state index is 13.4. The molecular formula is C11H13BrFNO3S. The van der Waals surface area contributed by atoms with Crippen LogP contribution in [-0.2, 0) is 14.8 Å². The molecule has 0 N–H and O–H groups in total. The standard InChI is InChI=1S/C11H13BrFNO3S/c1-14(8-4-5-17-7-8)18(15,16)9-2-3-10(12)11(13)6-9/h2-3,6,8H,4-5,7H2,1H3. The van der Waals surface area contributed by atoms with E-state index in [-0.39, 0.29) is 15.4 Å². The van der Waals surface area contributed by atoms with Gasteiger partial charge in [-0.25, -0.2) is 12.8 Å². The maximum atomic E-state index is 13.4. The first kappa shape index (κ1) is 13.9. The summed E-state index contributed by atoms with van der Waals surface area (Å²) in [6.07, 6.45) is 0.661. The van der Waals surface area contributed by atoms with Gasteiger partial charge in [0, 0.05) is 13.7 Å². The molecule has 0 bridgehead atoms. The third-order valence-electron chi connectivity index (χ3n) is 2.99. The van der Waals surface area contributed by atoms with Crippen LogP contribution in [0.25, 0.3) is 0 Å². The van der Waals surface area contributed by atoms with Crippen molar-refractivity contribution in [2.45, 2.75) is 17.4 Å². The average Bonchev–Trinajstić information content (AvgIpc) is 2.85. The predicted molar refractivity (Wildman–Crippen MR) is 68.3 cm³/mol. The van der Waals surface area contributed by atoms with E-state index in [1.807, 2.05) is 0 Å². The van der Waals surface area contributed by atoms with Gasteiger partial charge in [-0.05, 0) is 40.5 Å². The number of nitrogens with zero attached hydrogens (tertiary/aromatic N) is 1. The normalized spacial score (nSPS) is 20.6. The van der Waals surface area contributed by atoms with Gasteiger partial charge < -0.3 is 4.74 Å². The number of hydrogen-bond acceptors (Lipinski definition) is 3. The Morgan fingerprint density at radius 1 is 1.50 bits per heavy atom. The highest BCUT2D eigenvalue weighted by atomic mass is 79.9. The molecule has 2 rings (SSSR count). The van der Waals surface area contributed by atoms with E-state index in [1.54, 1.807) is 0 Å². The van der Waals surface area contributed by atoms with E-state index >= 15 is 0 Å². The van der Waals surface area contributed by atoms with Gasteiger partial charge in [0.25, 0.3) is 0 Å². The second-order valence-electron chi connectivity index (χ2n) is 4.11. The van der Waals surface area contributed by atoms with E-state index in [0.717, 1.165) is 6.07 Å². The second kappa shape index (κ2) is 5.24. The summed E-state index contributed by atoms with van der Waals surface area (Å²) < 4.78 is 44.6. The first-order chi connectivity index (χ1) is 8.43. The quantitative estimate of drug-likeness (QED) is 0.847. The van der Waals surface area contributed by atoms with Gasteiger partial charge in [-0.15, -0.1) is 0 Å². The zero-order chi connectivity index (χ0) is 13.3. The minimum Gasteiger partial charge on any atom is -0.380 e. The van der Waals surface area contributed by atoms with Gasteiger partial charge >= 0.3 is 0 Å². The zero-order valence-electron chi connectivity index (χ0n) is 9.77. The minimum absolute atomic E-state index is 0.0439. The molecule has 0 amide bonds. The summed E-state index contributed by atoms with van der Waals surface area (Å²) in [6, 6.07) is 3.61. The molecule has 0 saturated carbocycles. The van der Waals surface area contributed by atoms with Gasteiger partial charge in [0.05, 0.1) is 22.0 Å². The number of hydrogen-bond donors (Lipinski definition) is 0. The van der Waals surface area contributed by atoms with Gasteiger partial charge in [0.2, 0.25) is 10.0 Å². The van der Waals surface area contributed by atoms with Crippen molar-refractivity contribution < 1.29 is 17.5 Å². The summed E-state index contributed by atoms with van der Waals surface area (Å²) in [5.41, 5.74) is 0. The number of likely N-dealkylation sites (N-methyl/N-ethyl adjacent to an activating group) is 1. The van der Waals surface area contributed by atoms with Crippen LogP contribution in [0.1, 0.15) is 6.42 Å². The molecule has 1 heterocycles. The van der Waals surface area contributed by atoms with E-state index in [2.05, 4.69) is 15.9 Å². The fourth-order valence-corrected chi connectivity index (χ4v) is 3.44. The maximum Gasteiger partial charge on any atom is 0.243 e. The summed E-state index contributed by atoms with van der Waals surface area (Å²) in [4.78, 5) is -0.0439. The van der Waals surface area contributed by atoms with Crippen LogP contribution in [0.5, 0.6) is 0 Å². The summed E-state index contributed by atoms with van der Waals surface area (Å²) in [7, 11) is -2.17. The molecule has 1 saturated heterocycles. The summed E-state index contributed by atoms with van der Waals surface area (Å²) in [5, 5.41) is 0. The van der Waals surface area contributed by atoms with Crippen LogP contribution in [0.3, 0.4) is 0 Å². The molecule has 0 aliphatic carbocycles. The second-order valence-corrected chi connectivity index (χ2v) is 6.97. The van der Waals surface area contributed by atoms with Gasteiger partial charge in [-0.3, -0.25) is 0 Å². The van der Waals surface area contributed by atoms with Gasteiger partial charge in [0.15, 0.2) is 0 Å². The van der Waals surface area contributed by atoms with E-state index in [1.165, 1.54) is 23.5 Å². The molecule has 7 heteroatoms. The van der Waals surface area contributed by atoms with Crippen LogP contribution >= 0.6 is 15.9 Å². The molecule has 0 aromatic heterocycles. The Morgan fingerprint density at radius 2 is 2.22 bits per heavy atom. The first-order valence-electron chi connectivity index (χ1n) is 5.44. The fourth-order valence-electron chi connectivity index (χ4n) is 1.81. The number of ether oxygens (including phenoxy) is 1. The van der Waals surface area contributed by atoms with Crippen LogP contribution in [0.4, 0.5) is 4.39 Å². The van der Waals surface area contributed by atoms with E-state index < -0.39 is 15.8 Å². The Labute approximate surface area is 114 Å². The van der Waals surface area contributed by atoms with E-state index in [0.29, 0.717) is 19.6 Å². The molecule has 100 valence electrons. The van der Waals surface area contributed by atoms with E-state index in [9.17, 15) is 12.8 Å². The minimum atomic E-state index is -3.67. The molecule has 1 aliphatic heterocycles. The van der Waals surface area contributed by atoms with Crippen LogP contribution in [0.15, 0.2) is 27.6 Å². The number of rotatable bonds is 3. The van der Waals surface area contributed by atoms with Crippen molar-refractivity contribution in [1.29, 1.82) is 0 Å². The third-order valence-corrected chi connectivity index (χ3v) is 5.54. The van der Waals surface area contributed by atoms with Crippen LogP contribution in [-0.4, -0.2) is 39.0 Å². The molecule has 1 atom stereocenters. The highest BCUT2D eigenvalue weighted by Crippen LogP contribution is 2.24. The molecule has 1 unspecified atom stereocenters. The first-order valence-corrected chi connectivity index (χ1v) is 7.67. The van der Waals surface area contributed by atoms with Crippen molar-refractivity contribution in [2.75, 3.05) is 20.3 Å². The monoisotopic (exact) mass is 337 g/mol. The Kier molecular flexibility index (Phi) is 4.05. The number of benzene rings is 1. The molecular weight excluding hydrogens is 325 g/mol. The largest absolute Gasteiger partial charge is 0.380 e. The highest BCUT2D eigenvalue weighted by Gasteiger charge is 2.30. The molecule has 1 aromatic carbocycles. The Bertz CT molecular complexity index is 543. The Balaban J connectivity index is 2.32. The number of halogens is 2. The molecule has 1 aliphatic rings. The van der Waals surface area contributed by atoms with E-state index in [4.69, 9.17) is 4.74 Å². The van der Waals surface area contributed by atoms with Crippen molar-refractivity contribution in [3.63, 3.8) is 0 Å². The van der Waals surface area contributed by atoms with Crippen LogP contribution in [0, 0.1) is 5.82 Å². The topological polar surface area (TPSA) is 46.6 Å². The summed E-state index contributed by atoms with van der Waals surface area (Å²) in [5.74, 6) is -0.591. The molecule has 18 heavy (non-hydrogen) atoms. The lowest BCUT2D eigenvalue weighted by Crippen LogP contribution is -2.37. The lowest BCUT2D eigenvalue weighted by atomic mass is 10.3. The lowest BCUT2D eigenvalue weighted by Gasteiger charge is -2.22. The fraction of sp³-hybridized carbons (Fsp3) is 0.455. The SMILES string of the molecule is CN(C1CCOC1)S(=O)(=O)c1ccc(Br)c(F)c1. The summed E-state index contributed by atoms with van der Waals surface area (Å²) in [6.45, 7) is 0.938. The summed E-state index contributed by atoms with van der Waals surface area (Å²) >= 11 is 3.00. The molecule has 1 fully saturated rings. The van der Waals surface area contributed by atoms with Crippen LogP contribution < -0.4 is 0 Å². The van der Waals surface area contributed by atoms with Crippen LogP contribution in [0.2, 0.25) is 0 Å². The van der Waals surface area contributed by atoms with Gasteiger partial charge in [-0.2, -0.15) is 4.31 Å². The van der Waals surface area contributed by atoms with Crippen molar-refractivity contribution in [1.82, 2.24) is 4.31 Å². The smallest absolute Gasteiger partial charge is 0.243 e. The Morgan fingerprint density at radius 3 is 2.78 bits per heavy atom. The molecule has 4 nitrogen and oxygen atoms in total. The van der Waals surface area contributed by atoms with Gasteiger partial charge in [0.1, 0.15) is 5.82 Å². The predicted octanol–water partition coefficient (Wildman–Crippen LogP) is 2.00. The Hall–Kier alpha value is -0.500. The highest BCUT2D eigenvalue weighted by molar-refractivity contribution is 9.10. The van der Waals surface area contributed by atoms with Crippen molar-refractivity contribution in [2.24, 2.45) is 0 Å². The lowest BCUT2D eigenvalue weighted by molar-refractivity contribution is 0.181. The van der Waals surface area contributed by atoms with Gasteiger partial charge in [-0.1, -0.05) is 0 Å². The number of sulfonamides is 1.